The fourth-order valence-corrected chi connectivity index (χ4v) is 2.78. The van der Waals surface area contributed by atoms with E-state index in [1.165, 1.54) is 12.1 Å². The fourth-order valence-electron chi connectivity index (χ4n) is 1.90. The molecule has 2 aromatic carbocycles. The van der Waals surface area contributed by atoms with Crippen LogP contribution in [0.15, 0.2) is 53.4 Å². The van der Waals surface area contributed by atoms with E-state index < -0.39 is 0 Å². The van der Waals surface area contributed by atoms with Crippen molar-refractivity contribution in [3.63, 3.8) is 0 Å². The molecule has 0 radical (unpaired) electrons. The van der Waals surface area contributed by atoms with E-state index in [1.807, 2.05) is 24.3 Å². The summed E-state index contributed by atoms with van der Waals surface area (Å²) >= 11 is 7.43. The normalized spacial score (nSPS) is 10.6. The van der Waals surface area contributed by atoms with E-state index in [-0.39, 0.29) is 11.8 Å². The van der Waals surface area contributed by atoms with Gasteiger partial charge in [0.2, 0.25) is 11.9 Å². The second-order valence-electron chi connectivity index (χ2n) is 4.81. The molecule has 3 aromatic rings. The Hall–Kier alpha value is -2.38. The van der Waals surface area contributed by atoms with Crippen LogP contribution in [0.2, 0.25) is 5.02 Å². The average Bonchev–Trinajstić information content (AvgIpc) is 2.56. The van der Waals surface area contributed by atoms with Gasteiger partial charge >= 0.3 is 0 Å². The van der Waals surface area contributed by atoms with Crippen LogP contribution >= 0.6 is 23.4 Å². The number of anilines is 3. The number of nitrogens with zero attached hydrogens (tertiary/aromatic N) is 3. The minimum atomic E-state index is -0.309. The number of hydrogen-bond donors (Lipinski definition) is 2. The molecule has 0 aliphatic rings. The summed E-state index contributed by atoms with van der Waals surface area (Å²) in [5, 5.41) is 3.67. The van der Waals surface area contributed by atoms with E-state index in [9.17, 15) is 4.39 Å². The molecule has 8 heteroatoms. The van der Waals surface area contributed by atoms with Crippen LogP contribution in [-0.2, 0) is 5.75 Å². The first-order chi connectivity index (χ1) is 11.6. The largest absolute Gasteiger partial charge is 0.368 e. The van der Waals surface area contributed by atoms with Crippen LogP contribution < -0.4 is 11.1 Å². The second kappa shape index (κ2) is 7.46. The third-order valence-corrected chi connectivity index (χ3v) is 4.24. The number of nitrogen functional groups attached to an aromatic ring is 1. The Morgan fingerprint density at radius 2 is 1.71 bits per heavy atom. The summed E-state index contributed by atoms with van der Waals surface area (Å²) in [5.41, 5.74) is 6.40. The fraction of sp³-hybridized carbons (Fsp3) is 0.0625. The van der Waals surface area contributed by atoms with Gasteiger partial charge in [0.05, 0.1) is 5.75 Å². The van der Waals surface area contributed by atoms with Gasteiger partial charge in [0.1, 0.15) is 11.6 Å². The summed E-state index contributed by atoms with van der Waals surface area (Å²) in [4.78, 5) is 13.6. The average molecular weight is 362 g/mol. The minimum absolute atomic E-state index is 0.126. The maximum absolute atomic E-state index is 12.9. The molecule has 0 atom stereocenters. The Morgan fingerprint density at radius 1 is 1.00 bits per heavy atom. The summed E-state index contributed by atoms with van der Waals surface area (Å²) in [6.45, 7) is 0. The van der Waals surface area contributed by atoms with E-state index in [0.29, 0.717) is 28.2 Å². The van der Waals surface area contributed by atoms with Crippen molar-refractivity contribution in [1.82, 2.24) is 15.0 Å². The Balaban J connectivity index is 1.71. The number of hydrogen-bond acceptors (Lipinski definition) is 6. The smallest absolute Gasteiger partial charge is 0.232 e. The Bertz CT molecular complexity index is 827. The molecule has 24 heavy (non-hydrogen) atoms. The quantitative estimate of drug-likeness (QED) is 0.660. The van der Waals surface area contributed by atoms with Gasteiger partial charge in [-0.2, -0.15) is 15.0 Å². The lowest BCUT2D eigenvalue weighted by Gasteiger charge is -2.07. The van der Waals surface area contributed by atoms with Crippen LogP contribution in [0, 0.1) is 5.82 Å². The molecule has 1 aromatic heterocycles. The standard InChI is InChI=1S/C16H13ClFN5S/c17-10-1-7-13(8-2-10)24-9-14-21-15(19)23-16(22-14)20-12-5-3-11(18)4-6-12/h1-8H,9H2,(H3,19,20,21,22,23). The second-order valence-corrected chi connectivity index (χ2v) is 6.29. The Morgan fingerprint density at radius 3 is 2.42 bits per heavy atom. The van der Waals surface area contributed by atoms with E-state index >= 15 is 0 Å². The Labute approximate surface area is 147 Å². The molecule has 0 aliphatic carbocycles. The number of nitrogens with two attached hydrogens (primary N) is 1. The van der Waals surface area contributed by atoms with Crippen LogP contribution in [0.1, 0.15) is 5.82 Å². The summed E-state index contributed by atoms with van der Waals surface area (Å²) in [7, 11) is 0. The molecule has 0 saturated heterocycles. The highest BCUT2D eigenvalue weighted by molar-refractivity contribution is 7.98. The van der Waals surface area contributed by atoms with Crippen molar-refractivity contribution in [2.45, 2.75) is 10.6 Å². The number of thioether (sulfide) groups is 1. The minimum Gasteiger partial charge on any atom is -0.368 e. The van der Waals surface area contributed by atoms with Gasteiger partial charge in [-0.15, -0.1) is 11.8 Å². The predicted molar refractivity (Wildman–Crippen MR) is 94.9 cm³/mol. The van der Waals surface area contributed by atoms with E-state index in [1.54, 1.807) is 23.9 Å². The summed E-state index contributed by atoms with van der Waals surface area (Å²) in [6.07, 6.45) is 0. The van der Waals surface area contributed by atoms with Gasteiger partial charge in [-0.05, 0) is 48.5 Å². The lowest BCUT2D eigenvalue weighted by Crippen LogP contribution is -2.06. The van der Waals surface area contributed by atoms with Crippen LogP contribution in [0.25, 0.3) is 0 Å². The van der Waals surface area contributed by atoms with E-state index in [0.717, 1.165) is 4.90 Å². The first-order valence-corrected chi connectivity index (χ1v) is 8.36. The van der Waals surface area contributed by atoms with Crippen molar-refractivity contribution in [1.29, 1.82) is 0 Å². The van der Waals surface area contributed by atoms with Crippen molar-refractivity contribution in [2.24, 2.45) is 0 Å². The molecule has 5 nitrogen and oxygen atoms in total. The summed E-state index contributed by atoms with van der Waals surface area (Å²) in [6, 6.07) is 13.4. The molecule has 0 saturated carbocycles. The highest BCUT2D eigenvalue weighted by atomic mass is 35.5. The SMILES string of the molecule is Nc1nc(CSc2ccc(Cl)cc2)nc(Nc2ccc(F)cc2)n1. The van der Waals surface area contributed by atoms with Gasteiger partial charge < -0.3 is 11.1 Å². The maximum Gasteiger partial charge on any atom is 0.232 e. The first kappa shape index (κ1) is 16.5. The lowest BCUT2D eigenvalue weighted by molar-refractivity contribution is 0.628. The number of nitrogens with one attached hydrogen (secondary N) is 1. The van der Waals surface area contributed by atoms with Crippen molar-refractivity contribution in [2.75, 3.05) is 11.1 Å². The zero-order chi connectivity index (χ0) is 16.9. The molecular weight excluding hydrogens is 349 g/mol. The van der Waals surface area contributed by atoms with Gasteiger partial charge in [-0.3, -0.25) is 0 Å². The van der Waals surface area contributed by atoms with Crippen LogP contribution in [0.3, 0.4) is 0 Å². The van der Waals surface area contributed by atoms with Crippen LogP contribution in [-0.4, -0.2) is 15.0 Å². The number of halogens is 2. The topological polar surface area (TPSA) is 76.7 Å². The van der Waals surface area contributed by atoms with E-state index in [2.05, 4.69) is 20.3 Å². The Kier molecular flexibility index (Phi) is 5.12. The molecule has 0 fully saturated rings. The third-order valence-electron chi connectivity index (χ3n) is 2.98. The van der Waals surface area contributed by atoms with Crippen molar-refractivity contribution in [3.05, 3.63) is 65.2 Å². The maximum atomic E-state index is 12.9. The highest BCUT2D eigenvalue weighted by Crippen LogP contribution is 2.24. The zero-order valence-electron chi connectivity index (χ0n) is 12.4. The lowest BCUT2D eigenvalue weighted by atomic mass is 10.3. The molecule has 0 spiro atoms. The molecule has 3 N–H and O–H groups in total. The van der Waals surface area contributed by atoms with Gasteiger partial charge in [0.25, 0.3) is 0 Å². The van der Waals surface area contributed by atoms with Crippen molar-refractivity contribution >= 4 is 40.9 Å². The molecule has 0 unspecified atom stereocenters. The highest BCUT2D eigenvalue weighted by Gasteiger charge is 2.06. The summed E-state index contributed by atoms with van der Waals surface area (Å²) in [5.74, 6) is 1.22. The van der Waals surface area contributed by atoms with Crippen LogP contribution in [0.4, 0.5) is 22.0 Å². The monoisotopic (exact) mass is 361 g/mol. The molecular formula is C16H13ClFN5S. The van der Waals surface area contributed by atoms with Gasteiger partial charge in [0.15, 0.2) is 0 Å². The molecule has 3 rings (SSSR count). The molecule has 0 aliphatic heterocycles. The molecule has 122 valence electrons. The zero-order valence-corrected chi connectivity index (χ0v) is 14.0. The van der Waals surface area contributed by atoms with Gasteiger partial charge in [0, 0.05) is 15.6 Å². The van der Waals surface area contributed by atoms with E-state index in [4.69, 9.17) is 17.3 Å². The third kappa shape index (κ3) is 4.56. The number of rotatable bonds is 5. The van der Waals surface area contributed by atoms with Crippen molar-refractivity contribution in [3.8, 4) is 0 Å². The predicted octanol–water partition coefficient (Wildman–Crippen LogP) is 4.28. The molecule has 0 bridgehead atoms. The summed E-state index contributed by atoms with van der Waals surface area (Å²) < 4.78 is 12.9. The van der Waals surface area contributed by atoms with Crippen LogP contribution in [0.5, 0.6) is 0 Å². The first-order valence-electron chi connectivity index (χ1n) is 7.00. The van der Waals surface area contributed by atoms with Gasteiger partial charge in [-0.25, -0.2) is 4.39 Å². The number of benzene rings is 2. The number of aromatic nitrogens is 3. The van der Waals surface area contributed by atoms with Gasteiger partial charge in [-0.1, -0.05) is 11.6 Å². The molecule has 1 heterocycles. The molecule has 0 amide bonds. The van der Waals surface area contributed by atoms with Crippen molar-refractivity contribution < 1.29 is 4.39 Å².